The van der Waals surface area contributed by atoms with Crippen LogP contribution in [0.25, 0.3) is 11.4 Å². The lowest BCUT2D eigenvalue weighted by Crippen LogP contribution is -2.37. The number of nitrogens with one attached hydrogen (secondary N) is 1. The number of nitrogens with zero attached hydrogens (tertiary/aromatic N) is 2. The number of carbonyl (C=O) groups excluding carboxylic acids is 1. The average molecular weight is 365 g/mol. The third-order valence-corrected chi connectivity index (χ3v) is 4.19. The summed E-state index contributed by atoms with van der Waals surface area (Å²) < 4.78 is 11.0. The molecule has 6 nitrogen and oxygen atoms in total. The van der Waals surface area contributed by atoms with Gasteiger partial charge in [0, 0.05) is 5.56 Å². The van der Waals surface area contributed by atoms with Crippen molar-refractivity contribution >= 4 is 5.91 Å². The Morgan fingerprint density at radius 3 is 2.52 bits per heavy atom. The van der Waals surface area contributed by atoms with Crippen LogP contribution in [0.3, 0.4) is 0 Å². The summed E-state index contributed by atoms with van der Waals surface area (Å²) >= 11 is 0. The maximum atomic E-state index is 12.4. The molecule has 0 bridgehead atoms. The van der Waals surface area contributed by atoms with E-state index >= 15 is 0 Å². The first-order valence-corrected chi connectivity index (χ1v) is 9.11. The van der Waals surface area contributed by atoms with Gasteiger partial charge in [0.25, 0.3) is 5.91 Å². The second kappa shape index (κ2) is 8.98. The molecule has 1 N–H and O–H groups in total. The predicted molar refractivity (Wildman–Crippen MR) is 102 cm³/mol. The Labute approximate surface area is 158 Å². The van der Waals surface area contributed by atoms with Crippen LogP contribution in [-0.2, 0) is 17.8 Å². The zero-order chi connectivity index (χ0) is 19.1. The van der Waals surface area contributed by atoms with Gasteiger partial charge >= 0.3 is 0 Å². The summed E-state index contributed by atoms with van der Waals surface area (Å²) in [7, 11) is 0. The predicted octanol–water partition coefficient (Wildman–Crippen LogP) is 3.77. The Hall–Kier alpha value is -3.15. The number of aryl methyl sites for hydroxylation is 1. The zero-order valence-corrected chi connectivity index (χ0v) is 15.5. The van der Waals surface area contributed by atoms with Gasteiger partial charge < -0.3 is 14.6 Å². The third kappa shape index (κ3) is 4.94. The van der Waals surface area contributed by atoms with Crippen molar-refractivity contribution in [2.24, 2.45) is 0 Å². The lowest BCUT2D eigenvalue weighted by molar-refractivity contribution is -0.128. The Kier molecular flexibility index (Phi) is 6.20. The van der Waals surface area contributed by atoms with Gasteiger partial charge in [-0.3, -0.25) is 4.79 Å². The molecule has 1 amide bonds. The molecule has 0 fully saturated rings. The minimum Gasteiger partial charge on any atom is -0.481 e. The molecule has 6 heteroatoms. The summed E-state index contributed by atoms with van der Waals surface area (Å²) in [5, 5.41) is 6.74. The molecule has 3 rings (SSSR count). The van der Waals surface area contributed by atoms with Gasteiger partial charge in [0.1, 0.15) is 5.75 Å². The van der Waals surface area contributed by atoms with E-state index in [0.29, 0.717) is 23.9 Å². The molecule has 140 valence electrons. The largest absolute Gasteiger partial charge is 0.481 e. The van der Waals surface area contributed by atoms with E-state index in [9.17, 15) is 4.79 Å². The summed E-state index contributed by atoms with van der Waals surface area (Å²) in [5.74, 6) is 1.32. The molecule has 0 saturated heterocycles. The van der Waals surface area contributed by atoms with Crippen molar-refractivity contribution in [3.8, 4) is 17.1 Å². The van der Waals surface area contributed by atoms with E-state index in [-0.39, 0.29) is 12.5 Å². The van der Waals surface area contributed by atoms with E-state index in [1.54, 1.807) is 0 Å². The van der Waals surface area contributed by atoms with E-state index in [1.165, 1.54) is 5.56 Å². The molecule has 0 spiro atoms. The molecule has 27 heavy (non-hydrogen) atoms. The number of amides is 1. The number of ether oxygens (including phenoxy) is 1. The topological polar surface area (TPSA) is 77.2 Å². The van der Waals surface area contributed by atoms with E-state index in [0.717, 1.165) is 12.0 Å². The molecule has 0 saturated carbocycles. The molecule has 1 aromatic heterocycles. The SMILES string of the molecule is CCc1ccc(O[C@H](CC)C(=O)NCc2nc(-c3ccccc3)no2)cc1. The molecule has 0 aliphatic heterocycles. The van der Waals surface area contributed by atoms with E-state index in [1.807, 2.05) is 61.5 Å². The van der Waals surface area contributed by atoms with Crippen LogP contribution < -0.4 is 10.1 Å². The highest BCUT2D eigenvalue weighted by Gasteiger charge is 2.19. The van der Waals surface area contributed by atoms with Gasteiger partial charge in [-0.1, -0.05) is 61.5 Å². The van der Waals surface area contributed by atoms with Gasteiger partial charge in [-0.15, -0.1) is 0 Å². The number of hydrogen-bond acceptors (Lipinski definition) is 5. The highest BCUT2D eigenvalue weighted by atomic mass is 16.5. The second-order valence-corrected chi connectivity index (χ2v) is 6.11. The standard InChI is InChI=1S/C21H23N3O3/c1-3-15-10-12-17(13-11-15)26-18(4-2)21(25)22-14-19-23-20(24-27-19)16-8-6-5-7-9-16/h5-13,18H,3-4,14H2,1-2H3,(H,22,25)/t18-/m1/s1. The number of rotatable bonds is 8. The third-order valence-electron chi connectivity index (χ3n) is 4.19. The highest BCUT2D eigenvalue weighted by molar-refractivity contribution is 5.81. The van der Waals surface area contributed by atoms with Crippen molar-refractivity contribution in [3.63, 3.8) is 0 Å². The van der Waals surface area contributed by atoms with Gasteiger partial charge in [0.05, 0.1) is 6.54 Å². The first-order valence-electron chi connectivity index (χ1n) is 9.11. The fourth-order valence-electron chi connectivity index (χ4n) is 2.60. The van der Waals surface area contributed by atoms with Crippen molar-refractivity contribution in [2.45, 2.75) is 39.3 Å². The minimum atomic E-state index is -0.575. The summed E-state index contributed by atoms with van der Waals surface area (Å²) in [4.78, 5) is 16.7. The molecule has 0 unspecified atom stereocenters. The minimum absolute atomic E-state index is 0.160. The lowest BCUT2D eigenvalue weighted by Gasteiger charge is -2.17. The van der Waals surface area contributed by atoms with Crippen molar-refractivity contribution in [1.29, 1.82) is 0 Å². The maximum Gasteiger partial charge on any atom is 0.261 e. The van der Waals surface area contributed by atoms with Gasteiger partial charge in [-0.05, 0) is 30.5 Å². The van der Waals surface area contributed by atoms with Gasteiger partial charge in [-0.2, -0.15) is 4.98 Å². The molecule has 1 heterocycles. The van der Waals surface area contributed by atoms with Crippen LogP contribution in [-0.4, -0.2) is 22.2 Å². The Morgan fingerprint density at radius 2 is 1.85 bits per heavy atom. The maximum absolute atomic E-state index is 12.4. The molecule has 0 aliphatic carbocycles. The van der Waals surface area contributed by atoms with Crippen LogP contribution in [0.15, 0.2) is 59.1 Å². The molecule has 1 atom stereocenters. The zero-order valence-electron chi connectivity index (χ0n) is 15.5. The van der Waals surface area contributed by atoms with Crippen molar-refractivity contribution < 1.29 is 14.1 Å². The number of aromatic nitrogens is 2. The highest BCUT2D eigenvalue weighted by Crippen LogP contribution is 2.16. The van der Waals surface area contributed by atoms with Crippen LogP contribution in [0.4, 0.5) is 0 Å². The normalized spacial score (nSPS) is 11.8. The van der Waals surface area contributed by atoms with Gasteiger partial charge in [0.2, 0.25) is 11.7 Å². The summed E-state index contributed by atoms with van der Waals surface area (Å²) in [5.41, 5.74) is 2.09. The van der Waals surface area contributed by atoms with Crippen LogP contribution >= 0.6 is 0 Å². The van der Waals surface area contributed by atoms with E-state index in [4.69, 9.17) is 9.26 Å². The number of benzene rings is 2. The molecule has 0 aliphatic rings. The fourth-order valence-corrected chi connectivity index (χ4v) is 2.60. The Morgan fingerprint density at radius 1 is 1.11 bits per heavy atom. The molecule has 3 aromatic rings. The van der Waals surface area contributed by atoms with Crippen LogP contribution in [0.5, 0.6) is 5.75 Å². The van der Waals surface area contributed by atoms with Gasteiger partial charge in [0.15, 0.2) is 6.10 Å². The monoisotopic (exact) mass is 365 g/mol. The quantitative estimate of drug-likeness (QED) is 0.657. The molecular formula is C21H23N3O3. The first-order chi connectivity index (χ1) is 13.2. The van der Waals surface area contributed by atoms with Crippen molar-refractivity contribution in [1.82, 2.24) is 15.5 Å². The summed E-state index contributed by atoms with van der Waals surface area (Å²) in [6, 6.07) is 17.3. The summed E-state index contributed by atoms with van der Waals surface area (Å²) in [6.45, 7) is 4.16. The average Bonchev–Trinajstić information content (AvgIpc) is 3.20. The molecular weight excluding hydrogens is 342 g/mol. The fraction of sp³-hybridized carbons (Fsp3) is 0.286. The van der Waals surface area contributed by atoms with Crippen LogP contribution in [0.2, 0.25) is 0 Å². The smallest absolute Gasteiger partial charge is 0.261 e. The van der Waals surface area contributed by atoms with Crippen molar-refractivity contribution in [2.75, 3.05) is 0 Å². The van der Waals surface area contributed by atoms with Crippen molar-refractivity contribution in [3.05, 3.63) is 66.1 Å². The lowest BCUT2D eigenvalue weighted by atomic mass is 10.2. The molecule has 2 aromatic carbocycles. The van der Waals surface area contributed by atoms with Gasteiger partial charge in [-0.25, -0.2) is 0 Å². The van der Waals surface area contributed by atoms with Crippen LogP contribution in [0, 0.1) is 0 Å². The Bertz CT molecular complexity index is 860. The number of hydrogen-bond donors (Lipinski definition) is 1. The second-order valence-electron chi connectivity index (χ2n) is 6.11. The van der Waals surface area contributed by atoms with Crippen LogP contribution in [0.1, 0.15) is 31.7 Å². The summed E-state index contributed by atoms with van der Waals surface area (Å²) in [6.07, 6.45) is 0.946. The number of carbonyl (C=O) groups is 1. The van der Waals surface area contributed by atoms with E-state index < -0.39 is 6.10 Å². The molecule has 0 radical (unpaired) electrons. The Balaban J connectivity index is 1.56. The van der Waals surface area contributed by atoms with E-state index in [2.05, 4.69) is 22.4 Å². The first kappa shape index (κ1) is 18.6.